The smallest absolute Gasteiger partial charge is 0.285 e. The predicted octanol–water partition coefficient (Wildman–Crippen LogP) is 5.24. The monoisotopic (exact) mass is 474 g/mol. The molecule has 5 nitrogen and oxygen atoms in total. The zero-order valence-corrected chi connectivity index (χ0v) is 19.4. The topological polar surface area (TPSA) is 58.6 Å². The van der Waals surface area contributed by atoms with Crippen LogP contribution in [0.4, 0.5) is 0 Å². The van der Waals surface area contributed by atoms with E-state index >= 15 is 0 Å². The van der Waals surface area contributed by atoms with E-state index in [0.717, 1.165) is 40.9 Å². The fourth-order valence-electron chi connectivity index (χ4n) is 3.28. The van der Waals surface area contributed by atoms with E-state index < -0.39 is 0 Å². The van der Waals surface area contributed by atoms with Gasteiger partial charge in [-0.25, -0.2) is 0 Å². The Kier molecular flexibility index (Phi) is 7.55. The summed E-state index contributed by atoms with van der Waals surface area (Å²) < 4.78 is 6.17. The molecule has 0 atom stereocenters. The molecule has 1 aliphatic rings. The van der Waals surface area contributed by atoms with Crippen LogP contribution in [0.25, 0.3) is 6.08 Å². The lowest BCUT2D eigenvalue weighted by molar-refractivity contribution is -0.123. The third-order valence-corrected chi connectivity index (χ3v) is 6.22. The maximum atomic E-state index is 12.8. The van der Waals surface area contributed by atoms with E-state index in [9.17, 15) is 9.59 Å². The number of hydrogen-bond donors (Lipinski definition) is 1. The zero-order valence-electron chi connectivity index (χ0n) is 17.8. The molecule has 3 aromatic carbocycles. The van der Waals surface area contributed by atoms with Gasteiger partial charge in [-0.15, -0.1) is 0 Å². The number of nitrogens with zero attached hydrogens (tertiary/aromatic N) is 1. The Balaban J connectivity index is 1.36. The molecule has 0 aliphatic carbocycles. The van der Waals surface area contributed by atoms with Gasteiger partial charge in [0, 0.05) is 5.56 Å². The van der Waals surface area contributed by atoms with E-state index in [1.54, 1.807) is 30.3 Å². The molecule has 1 N–H and O–H groups in total. The second-order valence-electron chi connectivity index (χ2n) is 7.33. The molecule has 7 heteroatoms. The number of aryl methyl sites for hydroxylation is 1. The fraction of sp³-hybridized carbons (Fsp3) is 0.115. The van der Waals surface area contributed by atoms with E-state index in [1.807, 2.05) is 48.5 Å². The van der Waals surface area contributed by atoms with Crippen LogP contribution in [0.3, 0.4) is 0 Å². The van der Waals surface area contributed by atoms with Crippen LogP contribution in [-0.2, 0) is 11.2 Å². The Bertz CT molecular complexity index is 1180. The third kappa shape index (κ3) is 6.09. The Morgan fingerprint density at radius 2 is 1.73 bits per heavy atom. The largest absolute Gasteiger partial charge is 0.494 e. The van der Waals surface area contributed by atoms with Crippen molar-refractivity contribution in [3.63, 3.8) is 0 Å². The van der Waals surface area contributed by atoms with Gasteiger partial charge in [-0.3, -0.25) is 15.0 Å². The standard InChI is InChI=1S/C26H22N2O3S2/c29-24(21-13-5-2-6-14-21)27-28-25(30)23(33-26(28)32)18-20-11-7-15-22(17-20)31-16-8-12-19-9-3-1-4-10-19/h1-7,9-11,13-15,17-18H,8,12,16H2,(H,27,29)/b23-18-. The first-order chi connectivity index (χ1) is 16.1. The van der Waals surface area contributed by atoms with E-state index in [4.69, 9.17) is 17.0 Å². The van der Waals surface area contributed by atoms with Crippen molar-refractivity contribution in [3.8, 4) is 5.75 Å². The molecule has 0 bridgehead atoms. The molecule has 166 valence electrons. The van der Waals surface area contributed by atoms with Crippen LogP contribution in [0.15, 0.2) is 89.8 Å². The van der Waals surface area contributed by atoms with Crippen LogP contribution in [0.2, 0.25) is 0 Å². The van der Waals surface area contributed by atoms with Crippen LogP contribution >= 0.6 is 24.0 Å². The average Bonchev–Trinajstić information content (AvgIpc) is 3.10. The first-order valence-electron chi connectivity index (χ1n) is 10.5. The Hall–Kier alpha value is -3.42. The molecule has 4 rings (SSSR count). The SMILES string of the molecule is O=C(NN1C(=O)/C(=C/c2cccc(OCCCc3ccccc3)c2)SC1=S)c1ccccc1. The van der Waals surface area contributed by atoms with Crippen molar-refractivity contribution < 1.29 is 14.3 Å². The molecule has 2 amide bonds. The maximum Gasteiger partial charge on any atom is 0.285 e. The van der Waals surface area contributed by atoms with Crippen molar-refractivity contribution in [1.82, 2.24) is 10.4 Å². The highest BCUT2D eigenvalue weighted by Crippen LogP contribution is 2.32. The fourth-order valence-corrected chi connectivity index (χ4v) is 4.46. The van der Waals surface area contributed by atoms with Crippen LogP contribution in [0, 0.1) is 0 Å². The number of ether oxygens (including phenoxy) is 1. The highest BCUT2D eigenvalue weighted by Gasteiger charge is 2.33. The van der Waals surface area contributed by atoms with Crippen molar-refractivity contribution in [1.29, 1.82) is 0 Å². The molecule has 33 heavy (non-hydrogen) atoms. The molecular weight excluding hydrogens is 452 g/mol. The summed E-state index contributed by atoms with van der Waals surface area (Å²) in [5.74, 6) is -0.00724. The normalized spacial score (nSPS) is 14.5. The van der Waals surface area contributed by atoms with Gasteiger partial charge in [0.25, 0.3) is 11.8 Å². The van der Waals surface area contributed by atoms with Crippen LogP contribution in [-0.4, -0.2) is 27.8 Å². The number of rotatable bonds is 8. The zero-order chi connectivity index (χ0) is 23.0. The summed E-state index contributed by atoms with van der Waals surface area (Å²) in [5.41, 5.74) is 5.15. The second kappa shape index (κ2) is 10.9. The average molecular weight is 475 g/mol. The highest BCUT2D eigenvalue weighted by molar-refractivity contribution is 8.26. The van der Waals surface area contributed by atoms with Crippen LogP contribution < -0.4 is 10.2 Å². The number of benzene rings is 3. The molecule has 1 aliphatic heterocycles. The third-order valence-electron chi connectivity index (χ3n) is 4.92. The number of carbonyl (C=O) groups is 2. The van der Waals surface area contributed by atoms with Gasteiger partial charge in [0.2, 0.25) is 0 Å². The highest BCUT2D eigenvalue weighted by atomic mass is 32.2. The van der Waals surface area contributed by atoms with Crippen molar-refractivity contribution >= 4 is 46.2 Å². The minimum atomic E-state index is -0.390. The summed E-state index contributed by atoms with van der Waals surface area (Å²) in [6, 6.07) is 26.6. The summed E-state index contributed by atoms with van der Waals surface area (Å²) in [7, 11) is 0. The first kappa shape index (κ1) is 22.8. The lowest BCUT2D eigenvalue weighted by atomic mass is 10.1. The van der Waals surface area contributed by atoms with Crippen molar-refractivity contribution in [2.24, 2.45) is 0 Å². The molecule has 1 heterocycles. The summed E-state index contributed by atoms with van der Waals surface area (Å²) in [6.45, 7) is 0.603. The minimum Gasteiger partial charge on any atom is -0.494 e. The summed E-state index contributed by atoms with van der Waals surface area (Å²) in [5, 5.41) is 1.12. The van der Waals surface area contributed by atoms with Gasteiger partial charge < -0.3 is 4.74 Å². The van der Waals surface area contributed by atoms with Gasteiger partial charge in [-0.2, -0.15) is 5.01 Å². The number of amides is 2. The van der Waals surface area contributed by atoms with E-state index in [0.29, 0.717) is 17.1 Å². The van der Waals surface area contributed by atoms with E-state index in [-0.39, 0.29) is 16.1 Å². The van der Waals surface area contributed by atoms with E-state index in [2.05, 4.69) is 17.6 Å². The van der Waals surface area contributed by atoms with Gasteiger partial charge in [-0.05, 0) is 66.5 Å². The molecule has 0 aromatic heterocycles. The lowest BCUT2D eigenvalue weighted by Crippen LogP contribution is -2.44. The number of thioether (sulfide) groups is 1. The Morgan fingerprint density at radius 1 is 1.00 bits per heavy atom. The molecular formula is C26H22N2O3S2. The quantitative estimate of drug-likeness (QED) is 0.275. The van der Waals surface area contributed by atoms with Crippen molar-refractivity contribution in [3.05, 3.63) is 107 Å². The summed E-state index contributed by atoms with van der Waals surface area (Å²) >= 11 is 6.46. The Morgan fingerprint density at radius 3 is 2.48 bits per heavy atom. The van der Waals surface area contributed by atoms with Gasteiger partial charge in [0.05, 0.1) is 11.5 Å². The maximum absolute atomic E-state index is 12.8. The van der Waals surface area contributed by atoms with Gasteiger partial charge >= 0.3 is 0 Å². The number of thiocarbonyl (C=S) groups is 1. The molecule has 0 saturated carbocycles. The van der Waals surface area contributed by atoms with Gasteiger partial charge in [0.15, 0.2) is 4.32 Å². The van der Waals surface area contributed by atoms with Crippen molar-refractivity contribution in [2.45, 2.75) is 12.8 Å². The lowest BCUT2D eigenvalue weighted by Gasteiger charge is -2.15. The minimum absolute atomic E-state index is 0.281. The summed E-state index contributed by atoms with van der Waals surface area (Å²) in [4.78, 5) is 25.7. The van der Waals surface area contributed by atoms with Crippen LogP contribution in [0.5, 0.6) is 5.75 Å². The first-order valence-corrected chi connectivity index (χ1v) is 11.7. The number of hydrazine groups is 1. The Labute approximate surface area is 202 Å². The van der Waals surface area contributed by atoms with E-state index in [1.165, 1.54) is 5.56 Å². The number of hydrogen-bond acceptors (Lipinski definition) is 5. The summed E-state index contributed by atoms with van der Waals surface area (Å²) in [6.07, 6.45) is 3.62. The van der Waals surface area contributed by atoms with Crippen molar-refractivity contribution in [2.75, 3.05) is 6.61 Å². The number of carbonyl (C=O) groups excluding carboxylic acids is 2. The molecule has 0 radical (unpaired) electrons. The molecule has 1 saturated heterocycles. The molecule has 0 spiro atoms. The number of nitrogens with one attached hydrogen (secondary N) is 1. The van der Waals surface area contributed by atoms with Crippen LogP contribution in [0.1, 0.15) is 27.9 Å². The van der Waals surface area contributed by atoms with Gasteiger partial charge in [0.1, 0.15) is 5.75 Å². The van der Waals surface area contributed by atoms with Gasteiger partial charge in [-0.1, -0.05) is 72.4 Å². The molecule has 1 fully saturated rings. The molecule has 0 unspecified atom stereocenters. The predicted molar refractivity (Wildman–Crippen MR) is 136 cm³/mol. The second-order valence-corrected chi connectivity index (χ2v) is 9.01. The molecule has 3 aromatic rings.